The van der Waals surface area contributed by atoms with Crippen molar-refractivity contribution in [3.63, 3.8) is 0 Å². The van der Waals surface area contributed by atoms with Gasteiger partial charge in [-0.15, -0.1) is 0 Å². The normalized spacial score (nSPS) is 14.9. The van der Waals surface area contributed by atoms with Crippen molar-refractivity contribution in [2.24, 2.45) is 0 Å². The molecule has 0 unspecified atom stereocenters. The van der Waals surface area contributed by atoms with Gasteiger partial charge in [-0.2, -0.15) is 0 Å². The van der Waals surface area contributed by atoms with Crippen LogP contribution in [0.5, 0.6) is 0 Å². The van der Waals surface area contributed by atoms with Gasteiger partial charge < -0.3 is 4.90 Å². The van der Waals surface area contributed by atoms with Gasteiger partial charge in [0.2, 0.25) is 0 Å². The lowest BCUT2D eigenvalue weighted by atomic mass is 10.1. The molecule has 0 saturated carbocycles. The molecule has 0 bridgehead atoms. The van der Waals surface area contributed by atoms with Gasteiger partial charge in [0.1, 0.15) is 11.7 Å². The van der Waals surface area contributed by atoms with Gasteiger partial charge in [0.15, 0.2) is 0 Å². The fraction of sp³-hybridized carbons (Fsp3) is 0.300. The third-order valence-corrected chi connectivity index (χ3v) is 2.39. The first kappa shape index (κ1) is 8.23. The van der Waals surface area contributed by atoms with Crippen LogP contribution in [0.3, 0.4) is 0 Å². The molecule has 1 aliphatic heterocycles. The summed E-state index contributed by atoms with van der Waals surface area (Å²) in [7, 11) is 0. The van der Waals surface area contributed by atoms with Crippen molar-refractivity contribution in [1.29, 1.82) is 5.41 Å². The molecule has 0 aromatic heterocycles. The van der Waals surface area contributed by atoms with Gasteiger partial charge in [0.25, 0.3) is 0 Å². The van der Waals surface area contributed by atoms with Crippen LogP contribution < -0.4 is 0 Å². The SMILES string of the molecule is CCN1Cc2ccc(F)cc2C1=N. The van der Waals surface area contributed by atoms with Gasteiger partial charge in [0, 0.05) is 18.7 Å². The quantitative estimate of drug-likeness (QED) is 0.699. The van der Waals surface area contributed by atoms with Gasteiger partial charge in [-0.25, -0.2) is 4.39 Å². The molecule has 68 valence electrons. The number of rotatable bonds is 1. The van der Waals surface area contributed by atoms with Crippen molar-refractivity contribution in [2.75, 3.05) is 6.54 Å². The first-order valence-electron chi connectivity index (χ1n) is 4.34. The van der Waals surface area contributed by atoms with Crippen molar-refractivity contribution < 1.29 is 4.39 Å². The molecular weight excluding hydrogens is 167 g/mol. The van der Waals surface area contributed by atoms with Crippen LogP contribution in [0.15, 0.2) is 18.2 Å². The predicted molar refractivity (Wildman–Crippen MR) is 49.3 cm³/mol. The van der Waals surface area contributed by atoms with Gasteiger partial charge >= 0.3 is 0 Å². The monoisotopic (exact) mass is 178 g/mol. The predicted octanol–water partition coefficient (Wildman–Crippen LogP) is 1.99. The van der Waals surface area contributed by atoms with E-state index in [1.807, 2.05) is 11.8 Å². The molecule has 0 radical (unpaired) electrons. The molecule has 0 amide bonds. The van der Waals surface area contributed by atoms with Gasteiger partial charge in [-0.1, -0.05) is 6.07 Å². The molecule has 1 heterocycles. The van der Waals surface area contributed by atoms with E-state index in [1.54, 1.807) is 6.07 Å². The van der Waals surface area contributed by atoms with E-state index in [-0.39, 0.29) is 5.82 Å². The highest BCUT2D eigenvalue weighted by atomic mass is 19.1. The third-order valence-electron chi connectivity index (χ3n) is 2.39. The molecule has 0 saturated heterocycles. The maximum Gasteiger partial charge on any atom is 0.128 e. The van der Waals surface area contributed by atoms with E-state index in [1.165, 1.54) is 12.1 Å². The Labute approximate surface area is 76.5 Å². The Balaban J connectivity index is 2.45. The smallest absolute Gasteiger partial charge is 0.128 e. The first-order valence-corrected chi connectivity index (χ1v) is 4.34. The van der Waals surface area contributed by atoms with E-state index in [0.29, 0.717) is 5.84 Å². The maximum absolute atomic E-state index is 12.9. The van der Waals surface area contributed by atoms with Crippen LogP contribution in [0.4, 0.5) is 4.39 Å². The van der Waals surface area contributed by atoms with Crippen molar-refractivity contribution >= 4 is 5.84 Å². The van der Waals surface area contributed by atoms with Crippen LogP contribution in [0.2, 0.25) is 0 Å². The zero-order valence-electron chi connectivity index (χ0n) is 7.47. The second-order valence-electron chi connectivity index (χ2n) is 3.16. The maximum atomic E-state index is 12.9. The number of hydrogen-bond donors (Lipinski definition) is 1. The van der Waals surface area contributed by atoms with Crippen LogP contribution in [0.1, 0.15) is 18.1 Å². The van der Waals surface area contributed by atoms with E-state index in [0.717, 1.165) is 24.2 Å². The second-order valence-corrected chi connectivity index (χ2v) is 3.16. The molecule has 0 aliphatic carbocycles. The summed E-state index contributed by atoms with van der Waals surface area (Å²) in [6.45, 7) is 3.54. The Hall–Kier alpha value is -1.38. The van der Waals surface area contributed by atoms with E-state index in [4.69, 9.17) is 5.41 Å². The van der Waals surface area contributed by atoms with Gasteiger partial charge in [-0.05, 0) is 24.6 Å². The number of hydrogen-bond acceptors (Lipinski definition) is 1. The topological polar surface area (TPSA) is 27.1 Å². The Kier molecular flexibility index (Phi) is 1.79. The fourth-order valence-electron chi connectivity index (χ4n) is 1.63. The molecule has 1 aliphatic rings. The molecule has 0 spiro atoms. The summed E-state index contributed by atoms with van der Waals surface area (Å²) in [5.41, 5.74) is 1.79. The zero-order chi connectivity index (χ0) is 9.42. The number of halogens is 1. The Morgan fingerprint density at radius 1 is 1.54 bits per heavy atom. The van der Waals surface area contributed by atoms with Crippen molar-refractivity contribution in [3.8, 4) is 0 Å². The Morgan fingerprint density at radius 2 is 2.31 bits per heavy atom. The lowest BCUT2D eigenvalue weighted by Crippen LogP contribution is -2.23. The molecule has 13 heavy (non-hydrogen) atoms. The second kappa shape index (κ2) is 2.83. The molecule has 0 fully saturated rings. The van der Waals surface area contributed by atoms with Crippen LogP contribution in [-0.2, 0) is 6.54 Å². The number of nitrogens with one attached hydrogen (secondary N) is 1. The molecular formula is C10H11FN2. The summed E-state index contributed by atoms with van der Waals surface area (Å²) >= 11 is 0. The van der Waals surface area contributed by atoms with Crippen molar-refractivity contribution in [3.05, 3.63) is 35.1 Å². The van der Waals surface area contributed by atoms with Crippen LogP contribution in [0, 0.1) is 11.2 Å². The fourth-order valence-corrected chi connectivity index (χ4v) is 1.63. The van der Waals surface area contributed by atoms with Crippen LogP contribution in [-0.4, -0.2) is 17.3 Å². The van der Waals surface area contributed by atoms with Crippen LogP contribution >= 0.6 is 0 Å². The minimum absolute atomic E-state index is 0.263. The highest BCUT2D eigenvalue weighted by molar-refractivity contribution is 6.00. The van der Waals surface area contributed by atoms with Crippen molar-refractivity contribution in [1.82, 2.24) is 4.90 Å². The Morgan fingerprint density at radius 3 is 3.00 bits per heavy atom. The summed E-state index contributed by atoms with van der Waals surface area (Å²) in [4.78, 5) is 1.92. The molecule has 2 rings (SSSR count). The number of nitrogens with zero attached hydrogens (tertiary/aromatic N) is 1. The number of benzene rings is 1. The summed E-state index contributed by atoms with van der Waals surface area (Å²) in [5, 5.41) is 7.74. The summed E-state index contributed by atoms with van der Waals surface area (Å²) in [5.74, 6) is 0.179. The first-order chi connectivity index (χ1) is 6.22. The zero-order valence-corrected chi connectivity index (χ0v) is 7.47. The average Bonchev–Trinajstić information content (AvgIpc) is 2.44. The molecule has 1 aromatic carbocycles. The molecule has 2 nitrogen and oxygen atoms in total. The minimum Gasteiger partial charge on any atom is -0.353 e. The third kappa shape index (κ3) is 1.20. The van der Waals surface area contributed by atoms with E-state index in [9.17, 15) is 4.39 Å². The average molecular weight is 178 g/mol. The summed E-state index contributed by atoms with van der Waals surface area (Å²) in [6.07, 6.45) is 0. The molecule has 1 aromatic rings. The van der Waals surface area contributed by atoms with E-state index >= 15 is 0 Å². The standard InChI is InChI=1S/C10H11FN2/c1-2-13-6-7-3-4-8(11)5-9(7)10(13)12/h3-5,12H,2,6H2,1H3. The van der Waals surface area contributed by atoms with E-state index in [2.05, 4.69) is 0 Å². The number of amidine groups is 1. The minimum atomic E-state index is -0.263. The van der Waals surface area contributed by atoms with Gasteiger partial charge in [0.05, 0.1) is 0 Å². The highest BCUT2D eigenvalue weighted by Crippen LogP contribution is 2.22. The summed E-state index contributed by atoms with van der Waals surface area (Å²) < 4.78 is 12.9. The largest absolute Gasteiger partial charge is 0.353 e. The highest BCUT2D eigenvalue weighted by Gasteiger charge is 2.22. The number of fused-ring (bicyclic) bond motifs is 1. The molecule has 1 N–H and O–H groups in total. The van der Waals surface area contributed by atoms with Crippen molar-refractivity contribution in [2.45, 2.75) is 13.5 Å². The lowest BCUT2D eigenvalue weighted by molar-refractivity contribution is 0.452. The molecule has 3 heteroatoms. The summed E-state index contributed by atoms with van der Waals surface area (Å²) in [6, 6.07) is 4.65. The Bertz CT molecular complexity index is 360. The van der Waals surface area contributed by atoms with E-state index < -0.39 is 0 Å². The van der Waals surface area contributed by atoms with Gasteiger partial charge in [-0.3, -0.25) is 5.41 Å². The van der Waals surface area contributed by atoms with Crippen LogP contribution in [0.25, 0.3) is 0 Å². The lowest BCUT2D eigenvalue weighted by Gasteiger charge is -2.13. The molecule has 0 atom stereocenters.